The lowest BCUT2D eigenvalue weighted by Crippen LogP contribution is -2.44. The molecule has 0 aromatic carbocycles. The normalized spacial score (nSPS) is 32.2. The molecular weight excluding hydrogens is 152 g/mol. The average molecular weight is 172 g/mol. The summed E-state index contributed by atoms with van der Waals surface area (Å²) in [5, 5.41) is 9.60. The van der Waals surface area contributed by atoms with Gasteiger partial charge in [-0.25, -0.2) is 0 Å². The summed E-state index contributed by atoms with van der Waals surface area (Å²) in [5.74, 6) is 0.463. The first-order valence-electron chi connectivity index (χ1n) is 4.88. The highest BCUT2D eigenvalue weighted by Crippen LogP contribution is 2.19. The molecule has 72 valence electrons. The van der Waals surface area contributed by atoms with Crippen LogP contribution in [0.2, 0.25) is 0 Å². The van der Waals surface area contributed by atoms with E-state index < -0.39 is 0 Å². The van der Waals surface area contributed by atoms with E-state index in [1.165, 1.54) is 0 Å². The minimum atomic E-state index is -0.0796. The lowest BCUT2D eigenvalue weighted by atomic mass is 9.92. The van der Waals surface area contributed by atoms with Gasteiger partial charge in [-0.3, -0.25) is 0 Å². The van der Waals surface area contributed by atoms with Gasteiger partial charge in [0.25, 0.3) is 0 Å². The third-order valence-electron chi connectivity index (χ3n) is 2.75. The lowest BCUT2D eigenvalue weighted by molar-refractivity contribution is 0.0264. The highest BCUT2D eigenvalue weighted by molar-refractivity contribution is 4.78. The number of hydrogen-bond acceptors (Lipinski definition) is 3. The molecule has 0 aromatic rings. The zero-order valence-electron chi connectivity index (χ0n) is 7.87. The predicted octanol–water partition coefficient (Wildman–Crippen LogP) is 0.0379. The van der Waals surface area contributed by atoms with Gasteiger partial charge in [-0.2, -0.15) is 0 Å². The molecule has 0 bridgehead atoms. The Labute approximate surface area is 74.5 Å². The Bertz CT molecular complexity index is 130. The fraction of sp³-hybridized carbons (Fsp3) is 1.00. The Hall–Kier alpha value is -0.120. The molecule has 0 aromatic heterocycles. The molecule has 0 radical (unpaired) electrons. The van der Waals surface area contributed by atoms with E-state index in [9.17, 15) is 5.11 Å². The fourth-order valence-electron chi connectivity index (χ4n) is 1.88. The van der Waals surface area contributed by atoms with Crippen LogP contribution in [0.5, 0.6) is 0 Å². The van der Waals surface area contributed by atoms with Crippen LogP contribution >= 0.6 is 0 Å². The Kier molecular flexibility index (Phi) is 3.98. The SMILES string of the molecule is CC[C@@H]1CN(CCN)CC[C@H]1O. The van der Waals surface area contributed by atoms with Crippen molar-refractivity contribution in [1.29, 1.82) is 0 Å². The molecule has 0 spiro atoms. The smallest absolute Gasteiger partial charge is 0.0592 e. The van der Waals surface area contributed by atoms with Crippen LogP contribution in [0.1, 0.15) is 19.8 Å². The van der Waals surface area contributed by atoms with Crippen molar-refractivity contribution in [2.75, 3.05) is 26.2 Å². The molecule has 1 fully saturated rings. The van der Waals surface area contributed by atoms with Gasteiger partial charge >= 0.3 is 0 Å². The molecule has 0 amide bonds. The van der Waals surface area contributed by atoms with Gasteiger partial charge < -0.3 is 15.7 Å². The van der Waals surface area contributed by atoms with E-state index in [1.807, 2.05) is 0 Å². The number of nitrogens with zero attached hydrogens (tertiary/aromatic N) is 1. The Balaban J connectivity index is 2.33. The largest absolute Gasteiger partial charge is 0.393 e. The molecular formula is C9H20N2O. The van der Waals surface area contributed by atoms with E-state index >= 15 is 0 Å². The van der Waals surface area contributed by atoms with Gasteiger partial charge in [0.05, 0.1) is 6.10 Å². The maximum absolute atomic E-state index is 9.60. The van der Waals surface area contributed by atoms with Crippen molar-refractivity contribution >= 4 is 0 Å². The second-order valence-corrected chi connectivity index (χ2v) is 3.61. The summed E-state index contributed by atoms with van der Waals surface area (Å²) >= 11 is 0. The Morgan fingerprint density at radius 3 is 2.92 bits per heavy atom. The van der Waals surface area contributed by atoms with Crippen LogP contribution in [-0.4, -0.2) is 42.3 Å². The van der Waals surface area contributed by atoms with Crippen molar-refractivity contribution < 1.29 is 5.11 Å². The fourth-order valence-corrected chi connectivity index (χ4v) is 1.88. The first-order valence-corrected chi connectivity index (χ1v) is 4.88. The van der Waals surface area contributed by atoms with E-state index in [1.54, 1.807) is 0 Å². The van der Waals surface area contributed by atoms with Crippen molar-refractivity contribution in [3.63, 3.8) is 0 Å². The van der Waals surface area contributed by atoms with Crippen molar-refractivity contribution in [3.05, 3.63) is 0 Å². The molecule has 3 nitrogen and oxygen atoms in total. The summed E-state index contributed by atoms with van der Waals surface area (Å²) in [6, 6.07) is 0. The molecule has 1 saturated heterocycles. The maximum Gasteiger partial charge on any atom is 0.0592 e. The van der Waals surface area contributed by atoms with Gasteiger partial charge in [-0.05, 0) is 18.8 Å². The van der Waals surface area contributed by atoms with E-state index in [0.717, 1.165) is 39.0 Å². The van der Waals surface area contributed by atoms with Gasteiger partial charge in [-0.15, -0.1) is 0 Å². The molecule has 1 aliphatic heterocycles. The van der Waals surface area contributed by atoms with Gasteiger partial charge in [0.1, 0.15) is 0 Å². The number of piperidine rings is 1. The zero-order valence-corrected chi connectivity index (χ0v) is 7.87. The lowest BCUT2D eigenvalue weighted by Gasteiger charge is -2.35. The summed E-state index contributed by atoms with van der Waals surface area (Å²) < 4.78 is 0. The Morgan fingerprint density at radius 1 is 1.58 bits per heavy atom. The van der Waals surface area contributed by atoms with Gasteiger partial charge in [-0.1, -0.05) is 6.92 Å². The summed E-state index contributed by atoms with van der Waals surface area (Å²) in [6.07, 6.45) is 1.91. The number of aliphatic hydroxyl groups excluding tert-OH is 1. The molecule has 1 rings (SSSR count). The van der Waals surface area contributed by atoms with Crippen molar-refractivity contribution in [2.24, 2.45) is 11.7 Å². The minimum absolute atomic E-state index is 0.0796. The van der Waals surface area contributed by atoms with E-state index in [2.05, 4.69) is 11.8 Å². The standard InChI is InChI=1S/C9H20N2O/c1-2-8-7-11(6-4-10)5-3-9(8)12/h8-9,12H,2-7,10H2,1H3/t8-,9-/m1/s1. The zero-order chi connectivity index (χ0) is 8.97. The van der Waals surface area contributed by atoms with Crippen LogP contribution < -0.4 is 5.73 Å². The second kappa shape index (κ2) is 4.80. The highest BCUT2D eigenvalue weighted by atomic mass is 16.3. The summed E-state index contributed by atoms with van der Waals surface area (Å²) in [6.45, 7) is 5.87. The number of likely N-dealkylation sites (tertiary alicyclic amines) is 1. The number of aliphatic hydroxyl groups is 1. The molecule has 3 heteroatoms. The van der Waals surface area contributed by atoms with Gasteiger partial charge in [0.2, 0.25) is 0 Å². The van der Waals surface area contributed by atoms with E-state index in [-0.39, 0.29) is 6.10 Å². The third kappa shape index (κ3) is 2.44. The van der Waals surface area contributed by atoms with Crippen LogP contribution in [-0.2, 0) is 0 Å². The van der Waals surface area contributed by atoms with Crippen LogP contribution in [0.4, 0.5) is 0 Å². The molecule has 0 aliphatic carbocycles. The molecule has 0 saturated carbocycles. The first-order chi connectivity index (χ1) is 5.77. The van der Waals surface area contributed by atoms with Crippen LogP contribution in [0.25, 0.3) is 0 Å². The summed E-state index contributed by atoms with van der Waals surface area (Å²) in [7, 11) is 0. The maximum atomic E-state index is 9.60. The molecule has 12 heavy (non-hydrogen) atoms. The first kappa shape index (κ1) is 9.96. The Morgan fingerprint density at radius 2 is 2.33 bits per heavy atom. The van der Waals surface area contributed by atoms with Crippen molar-refractivity contribution in [2.45, 2.75) is 25.9 Å². The number of hydrogen-bond donors (Lipinski definition) is 2. The number of nitrogens with two attached hydrogens (primary N) is 1. The minimum Gasteiger partial charge on any atom is -0.393 e. The van der Waals surface area contributed by atoms with Crippen LogP contribution in [0, 0.1) is 5.92 Å². The molecule has 0 unspecified atom stereocenters. The monoisotopic (exact) mass is 172 g/mol. The predicted molar refractivity (Wildman–Crippen MR) is 49.9 cm³/mol. The van der Waals surface area contributed by atoms with E-state index in [4.69, 9.17) is 5.73 Å². The highest BCUT2D eigenvalue weighted by Gasteiger charge is 2.25. The molecule has 1 heterocycles. The third-order valence-corrected chi connectivity index (χ3v) is 2.75. The second-order valence-electron chi connectivity index (χ2n) is 3.61. The quantitative estimate of drug-likeness (QED) is 0.632. The van der Waals surface area contributed by atoms with Crippen molar-refractivity contribution in [1.82, 2.24) is 4.90 Å². The molecule has 3 N–H and O–H groups in total. The van der Waals surface area contributed by atoms with Crippen molar-refractivity contribution in [3.8, 4) is 0 Å². The van der Waals surface area contributed by atoms with Gasteiger partial charge in [0, 0.05) is 26.2 Å². The molecule has 2 atom stereocenters. The number of rotatable bonds is 3. The summed E-state index contributed by atoms with van der Waals surface area (Å²) in [4.78, 5) is 2.35. The average Bonchev–Trinajstić information content (AvgIpc) is 2.09. The van der Waals surface area contributed by atoms with Gasteiger partial charge in [0.15, 0.2) is 0 Å². The molecule has 1 aliphatic rings. The van der Waals surface area contributed by atoms with Crippen LogP contribution in [0.15, 0.2) is 0 Å². The van der Waals surface area contributed by atoms with E-state index in [0.29, 0.717) is 5.92 Å². The topological polar surface area (TPSA) is 49.5 Å². The summed E-state index contributed by atoms with van der Waals surface area (Å²) in [5.41, 5.74) is 5.48. The van der Waals surface area contributed by atoms with Crippen LogP contribution in [0.3, 0.4) is 0 Å².